The number of aliphatic hydroxyl groups excluding tert-OH is 1. The van der Waals surface area contributed by atoms with Gasteiger partial charge in [-0.1, -0.05) is 173 Å². The summed E-state index contributed by atoms with van der Waals surface area (Å²) in [6.45, 7) is 4.67. The van der Waals surface area contributed by atoms with Crippen LogP contribution in [0.4, 0.5) is 0 Å². The van der Waals surface area contributed by atoms with Crippen LogP contribution in [0.15, 0.2) is 24.3 Å². The summed E-state index contributed by atoms with van der Waals surface area (Å²) in [5, 5.41) is 13.9. The second-order valence-electron chi connectivity index (χ2n) is 16.1. The van der Waals surface area contributed by atoms with Gasteiger partial charge in [0, 0.05) is 6.42 Å². The van der Waals surface area contributed by atoms with Crippen molar-refractivity contribution < 1.29 is 32.9 Å². The standard InChI is InChI=1S/C43H85N2O6P/c1-6-8-10-12-14-16-18-19-20-21-22-23-24-25-27-29-31-33-35-37-43(47)44-41(40-51-52(48,49)50-39-38-45(3,4)5)42(46)36-34-32-30-28-26-17-15-13-11-9-7-2/h14,16,18-19,41-42,46H,6-13,15,17,20-40H2,1-5H3,(H-,44,47,48,49)/b16-14-,19-18-. The number of unbranched alkanes of at least 4 members (excludes halogenated alkanes) is 23. The van der Waals surface area contributed by atoms with Crippen LogP contribution in [0.1, 0.15) is 194 Å². The number of allylic oxidation sites excluding steroid dienone is 4. The lowest BCUT2D eigenvalue weighted by atomic mass is 10.0. The Morgan fingerprint density at radius 3 is 1.60 bits per heavy atom. The number of nitrogens with zero attached hydrogens (tertiary/aromatic N) is 1. The highest BCUT2D eigenvalue weighted by Gasteiger charge is 2.24. The highest BCUT2D eigenvalue weighted by molar-refractivity contribution is 7.45. The molecule has 0 rings (SSSR count). The summed E-state index contributed by atoms with van der Waals surface area (Å²) in [4.78, 5) is 25.3. The molecule has 0 spiro atoms. The lowest BCUT2D eigenvalue weighted by Crippen LogP contribution is -2.46. The van der Waals surface area contributed by atoms with Crippen LogP contribution in [0.5, 0.6) is 0 Å². The summed E-state index contributed by atoms with van der Waals surface area (Å²) in [6, 6.07) is -0.798. The van der Waals surface area contributed by atoms with E-state index < -0.39 is 20.0 Å². The molecule has 308 valence electrons. The molecule has 3 unspecified atom stereocenters. The van der Waals surface area contributed by atoms with Gasteiger partial charge in [0.25, 0.3) is 7.82 Å². The first kappa shape index (κ1) is 51.0. The monoisotopic (exact) mass is 757 g/mol. The molecule has 0 heterocycles. The summed E-state index contributed by atoms with van der Waals surface area (Å²) < 4.78 is 23.2. The highest BCUT2D eigenvalue weighted by Crippen LogP contribution is 2.38. The van der Waals surface area contributed by atoms with E-state index in [1.807, 2.05) is 21.1 Å². The fourth-order valence-corrected chi connectivity index (χ4v) is 6.93. The van der Waals surface area contributed by atoms with Crippen molar-refractivity contribution in [1.29, 1.82) is 0 Å². The van der Waals surface area contributed by atoms with Crippen LogP contribution in [0.3, 0.4) is 0 Å². The molecule has 0 aromatic rings. The highest BCUT2D eigenvalue weighted by atomic mass is 31.2. The topological polar surface area (TPSA) is 108 Å². The van der Waals surface area contributed by atoms with Crippen molar-refractivity contribution in [2.24, 2.45) is 0 Å². The van der Waals surface area contributed by atoms with E-state index in [4.69, 9.17) is 9.05 Å². The first-order chi connectivity index (χ1) is 25.0. The second kappa shape index (κ2) is 35.7. The van der Waals surface area contributed by atoms with Crippen LogP contribution in [-0.2, 0) is 18.4 Å². The van der Waals surface area contributed by atoms with E-state index in [9.17, 15) is 19.4 Å². The molecule has 0 saturated carbocycles. The largest absolute Gasteiger partial charge is 0.756 e. The molecule has 0 radical (unpaired) electrons. The summed E-state index contributed by atoms with van der Waals surface area (Å²) >= 11 is 0. The maximum atomic E-state index is 12.8. The quantitative estimate of drug-likeness (QED) is 0.0280. The number of hydrogen-bond acceptors (Lipinski definition) is 6. The lowest BCUT2D eigenvalue weighted by molar-refractivity contribution is -0.870. The summed E-state index contributed by atoms with van der Waals surface area (Å²) in [5.41, 5.74) is 0. The van der Waals surface area contributed by atoms with Crippen molar-refractivity contribution in [3.8, 4) is 0 Å². The fraction of sp³-hybridized carbons (Fsp3) is 0.884. The summed E-state index contributed by atoms with van der Waals surface area (Å²) in [5.74, 6) is -0.170. The van der Waals surface area contributed by atoms with E-state index in [2.05, 4.69) is 43.5 Å². The van der Waals surface area contributed by atoms with Crippen LogP contribution in [-0.4, -0.2) is 68.5 Å². The van der Waals surface area contributed by atoms with Crippen molar-refractivity contribution in [3.05, 3.63) is 24.3 Å². The number of likely N-dealkylation sites (N-methyl/N-ethyl adjacent to an activating group) is 1. The van der Waals surface area contributed by atoms with Gasteiger partial charge in [0.2, 0.25) is 5.91 Å². The molecule has 0 bridgehead atoms. The summed E-state index contributed by atoms with van der Waals surface area (Å²) in [6.07, 6.45) is 40.3. The molecule has 0 fully saturated rings. The lowest BCUT2D eigenvalue weighted by Gasteiger charge is -2.30. The third kappa shape index (κ3) is 37.3. The van der Waals surface area contributed by atoms with E-state index in [0.29, 0.717) is 23.9 Å². The van der Waals surface area contributed by atoms with Crippen molar-refractivity contribution in [1.82, 2.24) is 5.32 Å². The first-order valence-electron chi connectivity index (χ1n) is 21.7. The third-order valence-corrected chi connectivity index (χ3v) is 10.7. The van der Waals surface area contributed by atoms with Gasteiger partial charge in [0.05, 0.1) is 39.9 Å². The molecule has 0 saturated heterocycles. The van der Waals surface area contributed by atoms with Crippen LogP contribution in [0, 0.1) is 0 Å². The van der Waals surface area contributed by atoms with Gasteiger partial charge in [-0.2, -0.15) is 0 Å². The average molecular weight is 757 g/mol. The minimum atomic E-state index is -4.56. The van der Waals surface area contributed by atoms with E-state index in [-0.39, 0.29) is 19.1 Å². The van der Waals surface area contributed by atoms with Crippen molar-refractivity contribution >= 4 is 13.7 Å². The van der Waals surface area contributed by atoms with E-state index >= 15 is 0 Å². The second-order valence-corrected chi connectivity index (χ2v) is 17.5. The molecule has 3 atom stereocenters. The minimum absolute atomic E-state index is 0.0119. The summed E-state index contributed by atoms with van der Waals surface area (Å²) in [7, 11) is 1.30. The molecule has 0 aliphatic rings. The zero-order valence-electron chi connectivity index (χ0n) is 34.8. The normalized spacial score (nSPS) is 14.7. The number of amides is 1. The van der Waals surface area contributed by atoms with Crippen LogP contribution in [0.2, 0.25) is 0 Å². The molecule has 8 nitrogen and oxygen atoms in total. The Bertz CT molecular complexity index is 907. The van der Waals surface area contributed by atoms with Crippen LogP contribution in [0.25, 0.3) is 0 Å². The predicted octanol–water partition coefficient (Wildman–Crippen LogP) is 11.1. The van der Waals surface area contributed by atoms with Gasteiger partial charge < -0.3 is 28.8 Å². The Balaban J connectivity index is 4.32. The molecule has 0 aromatic carbocycles. The van der Waals surface area contributed by atoms with Crippen molar-refractivity contribution in [3.63, 3.8) is 0 Å². The Morgan fingerprint density at radius 2 is 1.10 bits per heavy atom. The Morgan fingerprint density at radius 1 is 0.673 bits per heavy atom. The van der Waals surface area contributed by atoms with E-state index in [1.54, 1.807) is 0 Å². The van der Waals surface area contributed by atoms with E-state index in [1.165, 1.54) is 128 Å². The molecule has 9 heteroatoms. The van der Waals surface area contributed by atoms with Gasteiger partial charge in [0.1, 0.15) is 13.2 Å². The average Bonchev–Trinajstić information content (AvgIpc) is 3.09. The smallest absolute Gasteiger partial charge is 0.268 e. The zero-order valence-corrected chi connectivity index (χ0v) is 35.7. The Hall–Kier alpha value is -1.02. The molecule has 2 N–H and O–H groups in total. The van der Waals surface area contributed by atoms with Gasteiger partial charge in [-0.25, -0.2) is 0 Å². The zero-order chi connectivity index (χ0) is 38.6. The van der Waals surface area contributed by atoms with Crippen LogP contribution >= 0.6 is 7.82 Å². The van der Waals surface area contributed by atoms with Crippen molar-refractivity contribution in [2.75, 3.05) is 40.9 Å². The molecule has 0 aliphatic carbocycles. The van der Waals surface area contributed by atoms with Gasteiger partial charge in [-0.15, -0.1) is 0 Å². The number of quaternary nitrogens is 1. The van der Waals surface area contributed by atoms with Gasteiger partial charge in [-0.3, -0.25) is 9.36 Å². The Labute approximate surface area is 322 Å². The molecule has 0 aromatic heterocycles. The Kier molecular flexibility index (Phi) is 35.0. The van der Waals surface area contributed by atoms with Crippen LogP contribution < -0.4 is 10.2 Å². The van der Waals surface area contributed by atoms with Gasteiger partial charge in [0.15, 0.2) is 0 Å². The number of phosphoric ester groups is 1. The molecule has 1 amide bonds. The number of phosphoric acid groups is 1. The number of carbonyl (C=O) groups is 1. The van der Waals surface area contributed by atoms with Gasteiger partial charge in [-0.05, 0) is 38.5 Å². The maximum absolute atomic E-state index is 12.8. The number of carbonyl (C=O) groups excluding carboxylic acids is 1. The molecule has 52 heavy (non-hydrogen) atoms. The minimum Gasteiger partial charge on any atom is -0.756 e. The maximum Gasteiger partial charge on any atom is 0.268 e. The first-order valence-corrected chi connectivity index (χ1v) is 23.2. The molecular formula is C43H85N2O6P. The van der Waals surface area contributed by atoms with E-state index in [0.717, 1.165) is 38.5 Å². The SMILES string of the molecule is CCCCC/C=C\C=C/CCCCCCCCCCCCC(=O)NC(COP(=O)([O-])OCC[N+](C)(C)C)C(O)CCCCCCCCCCCCC. The number of rotatable bonds is 39. The molecular weight excluding hydrogens is 671 g/mol. The molecule has 0 aliphatic heterocycles. The van der Waals surface area contributed by atoms with Crippen molar-refractivity contribution in [2.45, 2.75) is 206 Å². The predicted molar refractivity (Wildman–Crippen MR) is 219 cm³/mol. The third-order valence-electron chi connectivity index (χ3n) is 9.72. The van der Waals surface area contributed by atoms with Gasteiger partial charge >= 0.3 is 0 Å². The fourth-order valence-electron chi connectivity index (χ4n) is 6.21. The number of hydrogen-bond donors (Lipinski definition) is 2. The number of nitrogens with one attached hydrogen (secondary N) is 1. The number of aliphatic hydroxyl groups is 1.